The van der Waals surface area contributed by atoms with Gasteiger partial charge in [-0.05, 0) is 79.7 Å². The van der Waals surface area contributed by atoms with Crippen LogP contribution < -0.4 is 5.63 Å². The molecule has 0 bridgehead atoms. The average Bonchev–Trinajstić information content (AvgIpc) is 3.09. The van der Waals surface area contributed by atoms with Crippen molar-refractivity contribution < 1.29 is 28.6 Å². The Kier molecular flexibility index (Phi) is 6.49. The highest BCUT2D eigenvalue weighted by atomic mass is 16.5. The predicted octanol–water partition coefficient (Wildman–Crippen LogP) is 4.49. The number of nitrogens with zero attached hydrogens (tertiary/aromatic N) is 1. The van der Waals surface area contributed by atoms with Crippen LogP contribution in [0.2, 0.25) is 0 Å². The zero-order valence-electron chi connectivity index (χ0n) is 22.7. The van der Waals surface area contributed by atoms with Crippen LogP contribution >= 0.6 is 0 Å². The summed E-state index contributed by atoms with van der Waals surface area (Å²) in [6, 6.07) is 3.34. The molecule has 1 heterocycles. The number of esters is 1. The van der Waals surface area contributed by atoms with E-state index in [1.54, 1.807) is 11.0 Å². The lowest BCUT2D eigenvalue weighted by atomic mass is 9.43. The Morgan fingerprint density at radius 1 is 1.11 bits per heavy atom. The van der Waals surface area contributed by atoms with E-state index in [9.17, 15) is 19.5 Å². The maximum absolute atomic E-state index is 12.6. The van der Waals surface area contributed by atoms with Gasteiger partial charge in [0.15, 0.2) is 0 Å². The van der Waals surface area contributed by atoms with E-state index in [2.05, 4.69) is 13.8 Å². The monoisotopic (exact) mass is 515 g/mol. The smallest absolute Gasteiger partial charge is 0.409 e. The van der Waals surface area contributed by atoms with Crippen molar-refractivity contribution in [3.8, 4) is 0 Å². The molecular formula is C29H41NO7. The number of methoxy groups -OCH3 is 1. The maximum atomic E-state index is 12.6. The van der Waals surface area contributed by atoms with Crippen LogP contribution in [-0.4, -0.2) is 54.0 Å². The second-order valence-corrected chi connectivity index (χ2v) is 12.6. The molecule has 0 saturated heterocycles. The second kappa shape index (κ2) is 9.14. The van der Waals surface area contributed by atoms with E-state index in [-0.39, 0.29) is 35.4 Å². The van der Waals surface area contributed by atoms with E-state index < -0.39 is 22.7 Å². The first-order valence-corrected chi connectivity index (χ1v) is 13.7. The van der Waals surface area contributed by atoms with Crippen molar-refractivity contribution in [3.05, 3.63) is 34.4 Å². The van der Waals surface area contributed by atoms with Crippen molar-refractivity contribution in [2.24, 2.45) is 28.6 Å². The highest BCUT2D eigenvalue weighted by molar-refractivity contribution is 5.67. The maximum Gasteiger partial charge on any atom is 0.409 e. The molecule has 1 N–H and O–H groups in total. The minimum absolute atomic E-state index is 0.0853. The van der Waals surface area contributed by atoms with Gasteiger partial charge in [0.1, 0.15) is 6.10 Å². The van der Waals surface area contributed by atoms with Gasteiger partial charge < -0.3 is 23.9 Å². The first-order chi connectivity index (χ1) is 17.4. The molecule has 4 aliphatic carbocycles. The molecule has 1 amide bonds. The zero-order chi connectivity index (χ0) is 26.8. The largest absolute Gasteiger partial charge is 0.462 e. The van der Waals surface area contributed by atoms with Crippen molar-refractivity contribution in [1.29, 1.82) is 0 Å². The van der Waals surface area contributed by atoms with Gasteiger partial charge in [0.05, 0.1) is 19.0 Å². The molecule has 4 aliphatic rings. The molecule has 0 radical (unpaired) electrons. The molecule has 0 aromatic carbocycles. The van der Waals surface area contributed by atoms with Crippen LogP contribution in [0.25, 0.3) is 0 Å². The fourth-order valence-electron chi connectivity index (χ4n) is 9.31. The Bertz CT molecular complexity index is 1100. The Morgan fingerprint density at radius 3 is 2.51 bits per heavy atom. The van der Waals surface area contributed by atoms with Gasteiger partial charge in [-0.1, -0.05) is 13.8 Å². The Morgan fingerprint density at radius 2 is 1.86 bits per heavy atom. The predicted molar refractivity (Wildman–Crippen MR) is 136 cm³/mol. The summed E-state index contributed by atoms with van der Waals surface area (Å²) >= 11 is 0. The summed E-state index contributed by atoms with van der Waals surface area (Å²) in [6.07, 6.45) is 7.73. The number of carbonyl (C=O) groups is 2. The number of hydrogen-bond donors (Lipinski definition) is 1. The average molecular weight is 516 g/mol. The van der Waals surface area contributed by atoms with Crippen molar-refractivity contribution >= 4 is 12.1 Å². The summed E-state index contributed by atoms with van der Waals surface area (Å²) in [5, 5.41) is 12.6. The van der Waals surface area contributed by atoms with E-state index in [4.69, 9.17) is 13.9 Å². The molecule has 4 fully saturated rings. The number of rotatable bonds is 3. The molecule has 8 nitrogen and oxygen atoms in total. The van der Waals surface area contributed by atoms with E-state index in [0.717, 1.165) is 50.5 Å². The van der Waals surface area contributed by atoms with Crippen molar-refractivity contribution in [2.45, 2.75) is 95.8 Å². The third kappa shape index (κ3) is 3.93. The third-order valence-electron chi connectivity index (χ3n) is 11.2. The lowest BCUT2D eigenvalue weighted by Crippen LogP contribution is -2.62. The standard InChI is InChI=1S/C29H41NO7/c1-17(31)37-23-15-29(34)22-8-7-19-14-20(30(4)26(33)35-5)10-12-27(19,2)21(22)11-13-28(29,3)25(23)18-6-9-24(32)36-16-18/h6,9,16,19-23,25,34H,7-8,10-15H2,1-5H3/t19-,20+,21+,22-,23+,25+,27+,28-,29+/m1/s1. The minimum Gasteiger partial charge on any atom is -0.462 e. The summed E-state index contributed by atoms with van der Waals surface area (Å²) in [5.41, 5.74) is -1.05. The molecule has 1 aromatic rings. The first-order valence-electron chi connectivity index (χ1n) is 13.7. The Labute approximate surface area is 218 Å². The number of fused-ring (bicyclic) bond motifs is 5. The molecule has 5 rings (SSSR count). The molecular weight excluding hydrogens is 474 g/mol. The van der Waals surface area contributed by atoms with Crippen molar-refractivity contribution in [2.75, 3.05) is 14.2 Å². The van der Waals surface area contributed by atoms with Crippen molar-refractivity contribution in [3.63, 3.8) is 0 Å². The molecule has 37 heavy (non-hydrogen) atoms. The molecule has 9 atom stereocenters. The third-order valence-corrected chi connectivity index (χ3v) is 11.2. The molecule has 0 aliphatic heterocycles. The highest BCUT2D eigenvalue weighted by Crippen LogP contribution is 2.71. The highest BCUT2D eigenvalue weighted by Gasteiger charge is 2.70. The van der Waals surface area contributed by atoms with Gasteiger partial charge in [0.25, 0.3) is 0 Å². The van der Waals surface area contributed by atoms with E-state index in [0.29, 0.717) is 18.3 Å². The molecule has 4 saturated carbocycles. The topological polar surface area (TPSA) is 106 Å². The number of ether oxygens (including phenoxy) is 2. The van der Waals surface area contributed by atoms with E-state index in [1.807, 2.05) is 7.05 Å². The van der Waals surface area contributed by atoms with Crippen LogP contribution in [0, 0.1) is 28.6 Å². The van der Waals surface area contributed by atoms with Crippen LogP contribution in [0.1, 0.15) is 83.6 Å². The normalized spacial score (nSPS) is 42.6. The number of amides is 1. The lowest BCUT2D eigenvalue weighted by molar-refractivity contribution is -0.203. The van der Waals surface area contributed by atoms with E-state index >= 15 is 0 Å². The SMILES string of the molecule is COC(=O)N(C)[C@H]1CC[C@@]2(C)[C@H](CC[C@@H]3[C@@H]2CC[C@]2(C)[C@@H](c4ccc(=O)oc4)[C@@H](OC(C)=O)C[C@]32O)C1. The molecule has 204 valence electrons. The van der Waals surface area contributed by atoms with E-state index in [1.165, 1.54) is 26.4 Å². The van der Waals surface area contributed by atoms with Gasteiger partial charge in [-0.25, -0.2) is 9.59 Å². The molecule has 1 aromatic heterocycles. The molecule has 8 heteroatoms. The zero-order valence-corrected chi connectivity index (χ0v) is 22.7. The Hall–Kier alpha value is -2.35. The number of hydrogen-bond acceptors (Lipinski definition) is 7. The van der Waals surface area contributed by atoms with Crippen LogP contribution in [0.15, 0.2) is 27.6 Å². The van der Waals surface area contributed by atoms with Gasteiger partial charge in [-0.3, -0.25) is 4.79 Å². The van der Waals surface area contributed by atoms with Gasteiger partial charge >= 0.3 is 17.7 Å². The summed E-state index contributed by atoms with van der Waals surface area (Å²) in [7, 11) is 3.26. The van der Waals surface area contributed by atoms with Crippen molar-refractivity contribution in [1.82, 2.24) is 4.90 Å². The van der Waals surface area contributed by atoms with Gasteiger partial charge in [0.2, 0.25) is 0 Å². The van der Waals surface area contributed by atoms with Crippen LogP contribution in [0.4, 0.5) is 4.79 Å². The quantitative estimate of drug-likeness (QED) is 0.591. The number of aliphatic hydroxyl groups is 1. The van der Waals surface area contributed by atoms with Gasteiger partial charge in [-0.2, -0.15) is 0 Å². The van der Waals surface area contributed by atoms with Crippen LogP contribution in [0.3, 0.4) is 0 Å². The summed E-state index contributed by atoms with van der Waals surface area (Å²) in [6.45, 7) is 5.95. The lowest BCUT2D eigenvalue weighted by Gasteiger charge is -2.63. The second-order valence-electron chi connectivity index (χ2n) is 12.6. The number of carbonyl (C=O) groups excluding carboxylic acids is 2. The fraction of sp³-hybridized carbons (Fsp3) is 0.759. The Balaban J connectivity index is 1.46. The van der Waals surface area contributed by atoms with Gasteiger partial charge in [-0.15, -0.1) is 0 Å². The van der Waals surface area contributed by atoms with Crippen LogP contribution in [0.5, 0.6) is 0 Å². The molecule has 0 spiro atoms. The van der Waals surface area contributed by atoms with Crippen LogP contribution in [-0.2, 0) is 14.3 Å². The summed E-state index contributed by atoms with van der Waals surface area (Å²) in [4.78, 5) is 37.7. The minimum atomic E-state index is -0.996. The first kappa shape index (κ1) is 26.3. The summed E-state index contributed by atoms with van der Waals surface area (Å²) in [5.74, 6) is 0.331. The summed E-state index contributed by atoms with van der Waals surface area (Å²) < 4.78 is 16.0. The fourth-order valence-corrected chi connectivity index (χ4v) is 9.31. The van der Waals surface area contributed by atoms with Gasteiger partial charge in [0, 0.05) is 43.8 Å². The molecule has 0 unspecified atom stereocenters.